The molecule has 7 nitrogen and oxygen atoms in total. The van der Waals surface area contributed by atoms with Crippen molar-refractivity contribution in [3.63, 3.8) is 0 Å². The zero-order valence-corrected chi connectivity index (χ0v) is 22.1. The molecular formula is C29H38FN3O4. The maximum atomic E-state index is 14.3. The molecular weight excluding hydrogens is 473 g/mol. The number of hydrogen-bond donors (Lipinski definition) is 2. The van der Waals surface area contributed by atoms with Crippen molar-refractivity contribution in [2.24, 2.45) is 5.41 Å². The van der Waals surface area contributed by atoms with Crippen molar-refractivity contribution in [3.05, 3.63) is 58.4 Å². The van der Waals surface area contributed by atoms with Crippen molar-refractivity contribution in [2.45, 2.75) is 71.4 Å². The van der Waals surface area contributed by atoms with Gasteiger partial charge in [-0.3, -0.25) is 4.79 Å². The zero-order valence-electron chi connectivity index (χ0n) is 22.1. The number of methoxy groups -OCH3 is 1. The first-order chi connectivity index (χ1) is 17.6. The number of halogens is 1. The van der Waals surface area contributed by atoms with E-state index in [0.29, 0.717) is 56.6 Å². The van der Waals surface area contributed by atoms with Crippen LogP contribution in [0.1, 0.15) is 61.3 Å². The van der Waals surface area contributed by atoms with Gasteiger partial charge < -0.3 is 25.4 Å². The summed E-state index contributed by atoms with van der Waals surface area (Å²) in [7, 11) is 1.37. The van der Waals surface area contributed by atoms with E-state index in [0.717, 1.165) is 41.6 Å². The van der Waals surface area contributed by atoms with E-state index < -0.39 is 17.5 Å². The number of rotatable bonds is 7. The number of benzene rings is 2. The van der Waals surface area contributed by atoms with Crippen LogP contribution in [0.5, 0.6) is 0 Å². The van der Waals surface area contributed by atoms with Gasteiger partial charge in [0.2, 0.25) is 0 Å². The first-order valence-corrected chi connectivity index (χ1v) is 13.1. The predicted octanol–water partition coefficient (Wildman–Crippen LogP) is 5.31. The van der Waals surface area contributed by atoms with Crippen LogP contribution < -0.4 is 10.6 Å². The van der Waals surface area contributed by atoms with Gasteiger partial charge in [-0.05, 0) is 73.9 Å². The Morgan fingerprint density at radius 2 is 1.95 bits per heavy atom. The normalized spacial score (nSPS) is 17.6. The molecule has 0 unspecified atom stereocenters. The number of carbonyl (C=O) groups is 2. The van der Waals surface area contributed by atoms with Gasteiger partial charge in [0.15, 0.2) is 0 Å². The summed E-state index contributed by atoms with van der Waals surface area (Å²) in [5, 5.41) is 10.3. The van der Waals surface area contributed by atoms with Crippen molar-refractivity contribution in [2.75, 3.05) is 30.8 Å². The molecule has 1 fully saturated rings. The van der Waals surface area contributed by atoms with E-state index in [-0.39, 0.29) is 11.9 Å². The van der Waals surface area contributed by atoms with Gasteiger partial charge in [0.25, 0.3) is 0 Å². The number of ether oxygens (including phenoxy) is 1. The first kappa shape index (κ1) is 26.8. The average Bonchev–Trinajstić information content (AvgIpc) is 2.89. The molecule has 200 valence electrons. The topological polar surface area (TPSA) is 96.1 Å². The third-order valence-electron chi connectivity index (χ3n) is 8.21. The average molecular weight is 512 g/mol. The van der Waals surface area contributed by atoms with Crippen LogP contribution in [0, 0.1) is 18.2 Å². The molecule has 4 rings (SSSR count). The highest BCUT2D eigenvalue weighted by atomic mass is 19.1. The second kappa shape index (κ2) is 11.0. The molecule has 8 heteroatoms. The number of carbonyl (C=O) groups excluding carboxylic acids is 1. The Morgan fingerprint density at radius 1 is 1.22 bits per heavy atom. The molecule has 0 spiro atoms. The number of carboxylic acid groups (broad SMARTS) is 1. The van der Waals surface area contributed by atoms with E-state index in [1.54, 1.807) is 24.0 Å². The van der Waals surface area contributed by atoms with Gasteiger partial charge in [0.05, 0.1) is 30.4 Å². The molecule has 1 saturated carbocycles. The number of aryl methyl sites for hydroxylation is 1. The molecule has 0 bridgehead atoms. The Labute approximate surface area is 218 Å². The van der Waals surface area contributed by atoms with Gasteiger partial charge in [-0.1, -0.05) is 37.5 Å². The molecule has 1 aliphatic heterocycles. The van der Waals surface area contributed by atoms with Crippen molar-refractivity contribution in [1.82, 2.24) is 4.90 Å². The lowest BCUT2D eigenvalue weighted by molar-refractivity contribution is -0.150. The van der Waals surface area contributed by atoms with E-state index in [4.69, 9.17) is 10.5 Å². The van der Waals surface area contributed by atoms with Crippen LogP contribution in [0.3, 0.4) is 0 Å². The van der Waals surface area contributed by atoms with Gasteiger partial charge in [-0.2, -0.15) is 0 Å². The Morgan fingerprint density at radius 3 is 2.59 bits per heavy atom. The van der Waals surface area contributed by atoms with Crippen LogP contribution in [0.15, 0.2) is 30.3 Å². The summed E-state index contributed by atoms with van der Waals surface area (Å²) in [6, 6.07) is 9.13. The van der Waals surface area contributed by atoms with E-state index in [9.17, 15) is 19.1 Å². The lowest BCUT2D eigenvalue weighted by Crippen LogP contribution is -2.48. The van der Waals surface area contributed by atoms with Gasteiger partial charge in [-0.25, -0.2) is 9.18 Å². The molecule has 1 amide bonds. The highest BCUT2D eigenvalue weighted by Gasteiger charge is 2.42. The summed E-state index contributed by atoms with van der Waals surface area (Å²) in [5.74, 6) is -1.03. The fraction of sp³-hybridized carbons (Fsp3) is 0.517. The molecule has 2 aliphatic rings. The number of carboxylic acids is 1. The molecule has 0 radical (unpaired) electrons. The SMILES string of the molecule is COC(=O)N1CCc2ccc(N(CC3(C(=O)O)CCCCC3)[C@@H](C)Cc3ccc(C)c(F)c3)c(N)c2C1. The second-order valence-corrected chi connectivity index (χ2v) is 10.7. The van der Waals surface area contributed by atoms with E-state index in [1.165, 1.54) is 7.11 Å². The van der Waals surface area contributed by atoms with Crippen molar-refractivity contribution in [1.29, 1.82) is 0 Å². The van der Waals surface area contributed by atoms with Crippen LogP contribution in [0.4, 0.5) is 20.6 Å². The lowest BCUT2D eigenvalue weighted by atomic mass is 9.73. The van der Waals surface area contributed by atoms with Crippen LogP contribution in [0.25, 0.3) is 0 Å². The third-order valence-corrected chi connectivity index (χ3v) is 8.21. The number of amides is 1. The molecule has 37 heavy (non-hydrogen) atoms. The Balaban J connectivity index is 1.73. The lowest BCUT2D eigenvalue weighted by Gasteiger charge is -2.42. The molecule has 0 saturated heterocycles. The Hall–Kier alpha value is -3.29. The molecule has 1 aliphatic carbocycles. The standard InChI is InChI=1S/C29H38FN3O4/c1-19-7-8-21(16-24(19)30)15-20(2)33(18-29(27(34)35)12-5-4-6-13-29)25-10-9-22-11-14-32(28(36)37-3)17-23(22)26(25)31/h7-10,16,20H,4-6,11-15,17-18,31H2,1-3H3,(H,34,35)/t20-/m0/s1. The summed E-state index contributed by atoms with van der Waals surface area (Å²) in [5.41, 5.74) is 10.6. The van der Waals surface area contributed by atoms with E-state index in [1.807, 2.05) is 25.1 Å². The van der Waals surface area contributed by atoms with E-state index in [2.05, 4.69) is 4.90 Å². The largest absolute Gasteiger partial charge is 0.481 e. The zero-order chi connectivity index (χ0) is 26.7. The van der Waals surface area contributed by atoms with Crippen molar-refractivity contribution in [3.8, 4) is 0 Å². The van der Waals surface area contributed by atoms with Gasteiger partial charge in [0.1, 0.15) is 5.82 Å². The summed E-state index contributed by atoms with van der Waals surface area (Å²) in [6.45, 7) is 4.99. The molecule has 2 aromatic carbocycles. The number of nitrogens with zero attached hydrogens (tertiary/aromatic N) is 2. The monoisotopic (exact) mass is 511 g/mol. The first-order valence-electron chi connectivity index (χ1n) is 13.1. The molecule has 1 atom stereocenters. The highest BCUT2D eigenvalue weighted by Crippen LogP contribution is 2.41. The Bertz CT molecular complexity index is 1160. The maximum Gasteiger partial charge on any atom is 0.409 e. The summed E-state index contributed by atoms with van der Waals surface area (Å²) >= 11 is 0. The smallest absolute Gasteiger partial charge is 0.409 e. The highest BCUT2D eigenvalue weighted by molar-refractivity contribution is 5.79. The summed E-state index contributed by atoms with van der Waals surface area (Å²) in [4.78, 5) is 28.5. The number of anilines is 2. The van der Waals surface area contributed by atoms with Crippen molar-refractivity contribution >= 4 is 23.4 Å². The minimum Gasteiger partial charge on any atom is -0.481 e. The molecule has 2 aromatic rings. The van der Waals surface area contributed by atoms with Crippen LogP contribution in [0.2, 0.25) is 0 Å². The summed E-state index contributed by atoms with van der Waals surface area (Å²) < 4.78 is 19.2. The van der Waals surface area contributed by atoms with Gasteiger partial charge >= 0.3 is 12.1 Å². The fourth-order valence-corrected chi connectivity index (χ4v) is 5.87. The quantitative estimate of drug-likeness (QED) is 0.489. The summed E-state index contributed by atoms with van der Waals surface area (Å²) in [6.07, 6.45) is 4.85. The number of hydrogen-bond acceptors (Lipinski definition) is 5. The van der Waals surface area contributed by atoms with Crippen LogP contribution in [-0.4, -0.2) is 48.3 Å². The predicted molar refractivity (Wildman–Crippen MR) is 142 cm³/mol. The minimum absolute atomic E-state index is 0.138. The minimum atomic E-state index is -0.870. The Kier molecular flexibility index (Phi) is 7.95. The number of fused-ring (bicyclic) bond motifs is 1. The number of nitrogen functional groups attached to an aromatic ring is 1. The third kappa shape index (κ3) is 5.53. The van der Waals surface area contributed by atoms with Gasteiger partial charge in [0, 0.05) is 19.1 Å². The second-order valence-electron chi connectivity index (χ2n) is 10.7. The fourth-order valence-electron chi connectivity index (χ4n) is 5.87. The maximum absolute atomic E-state index is 14.3. The molecule has 1 heterocycles. The molecule has 0 aromatic heterocycles. The van der Waals surface area contributed by atoms with Gasteiger partial charge in [-0.15, -0.1) is 0 Å². The van der Waals surface area contributed by atoms with E-state index >= 15 is 0 Å². The van der Waals surface area contributed by atoms with Crippen LogP contribution in [-0.2, 0) is 28.9 Å². The molecule has 3 N–H and O–H groups in total. The number of aliphatic carboxylic acids is 1. The van der Waals surface area contributed by atoms with Crippen LogP contribution >= 0.6 is 0 Å². The number of nitrogens with two attached hydrogens (primary N) is 1. The van der Waals surface area contributed by atoms with Crippen molar-refractivity contribution < 1.29 is 23.8 Å².